The maximum absolute atomic E-state index is 13.4. The van der Waals surface area contributed by atoms with Crippen molar-refractivity contribution in [1.29, 1.82) is 0 Å². The van der Waals surface area contributed by atoms with Crippen LogP contribution in [-0.2, 0) is 11.2 Å². The van der Waals surface area contributed by atoms with Crippen LogP contribution in [0, 0.1) is 12.3 Å². The van der Waals surface area contributed by atoms with Crippen LogP contribution in [0.25, 0.3) is 0 Å². The average Bonchev–Trinajstić information content (AvgIpc) is 3.74. The number of aromatic nitrogens is 2. The third-order valence-corrected chi connectivity index (χ3v) is 8.10. The van der Waals surface area contributed by atoms with Crippen molar-refractivity contribution in [3.05, 3.63) is 53.1 Å². The Morgan fingerprint density at radius 2 is 1.89 bits per heavy atom. The SMILES string of the molecule is Cc1nc(C2CC2)ncc1C(=O)N1CCC2(CCCCCc3ccccc3OCCCNC2=O)CC1. The van der Waals surface area contributed by atoms with Crippen LogP contribution in [0.15, 0.2) is 30.5 Å². The van der Waals surface area contributed by atoms with Crippen LogP contribution in [0.2, 0.25) is 0 Å². The fourth-order valence-corrected chi connectivity index (χ4v) is 5.58. The molecule has 2 amide bonds. The van der Waals surface area contributed by atoms with E-state index < -0.39 is 5.41 Å². The molecule has 7 nitrogen and oxygen atoms in total. The summed E-state index contributed by atoms with van der Waals surface area (Å²) < 4.78 is 6.01. The lowest BCUT2D eigenvalue weighted by atomic mass is 9.73. The van der Waals surface area contributed by atoms with Gasteiger partial charge in [0, 0.05) is 31.7 Å². The summed E-state index contributed by atoms with van der Waals surface area (Å²) in [5, 5.41) is 3.19. The molecule has 5 rings (SSSR count). The zero-order valence-electron chi connectivity index (χ0n) is 21.4. The number of rotatable bonds is 2. The summed E-state index contributed by atoms with van der Waals surface area (Å²) in [7, 11) is 0. The summed E-state index contributed by atoms with van der Waals surface area (Å²) in [4.78, 5) is 37.6. The molecule has 1 saturated heterocycles. The van der Waals surface area contributed by atoms with Crippen molar-refractivity contribution >= 4 is 11.8 Å². The zero-order valence-corrected chi connectivity index (χ0v) is 21.4. The molecule has 36 heavy (non-hydrogen) atoms. The first kappa shape index (κ1) is 24.7. The van der Waals surface area contributed by atoms with Crippen molar-refractivity contribution in [3.8, 4) is 5.75 Å². The monoisotopic (exact) mass is 490 g/mol. The van der Waals surface area contributed by atoms with Gasteiger partial charge in [-0.1, -0.05) is 31.0 Å². The van der Waals surface area contributed by atoms with Crippen molar-refractivity contribution in [1.82, 2.24) is 20.2 Å². The number of hydrogen-bond donors (Lipinski definition) is 1. The van der Waals surface area contributed by atoms with Crippen LogP contribution in [0.5, 0.6) is 5.75 Å². The lowest BCUT2D eigenvalue weighted by molar-refractivity contribution is -0.134. The summed E-state index contributed by atoms with van der Waals surface area (Å²) in [6.07, 6.45) is 11.2. The van der Waals surface area contributed by atoms with Gasteiger partial charge in [-0.15, -0.1) is 0 Å². The maximum Gasteiger partial charge on any atom is 0.257 e. The van der Waals surface area contributed by atoms with E-state index in [2.05, 4.69) is 27.4 Å². The largest absolute Gasteiger partial charge is 0.493 e. The topological polar surface area (TPSA) is 84.4 Å². The van der Waals surface area contributed by atoms with Gasteiger partial charge in [0.25, 0.3) is 5.91 Å². The highest BCUT2D eigenvalue weighted by Crippen LogP contribution is 2.39. The minimum atomic E-state index is -0.402. The van der Waals surface area contributed by atoms with E-state index in [-0.39, 0.29) is 11.8 Å². The zero-order chi connectivity index (χ0) is 25.0. The number of fused-ring (bicyclic) bond motifs is 1. The first-order valence-corrected chi connectivity index (χ1v) is 13.7. The number of benzene rings is 1. The second-order valence-corrected chi connectivity index (χ2v) is 10.7. The molecule has 1 N–H and O–H groups in total. The maximum atomic E-state index is 13.4. The molecule has 2 aromatic rings. The van der Waals surface area contributed by atoms with E-state index in [0.717, 1.165) is 68.6 Å². The van der Waals surface area contributed by atoms with Crippen LogP contribution < -0.4 is 10.1 Å². The highest BCUT2D eigenvalue weighted by Gasteiger charge is 2.42. The van der Waals surface area contributed by atoms with Crippen LogP contribution in [0.3, 0.4) is 0 Å². The van der Waals surface area contributed by atoms with E-state index in [1.165, 1.54) is 5.56 Å². The fourth-order valence-electron chi connectivity index (χ4n) is 5.58. The van der Waals surface area contributed by atoms with Gasteiger partial charge in [0.1, 0.15) is 11.6 Å². The molecule has 1 saturated carbocycles. The van der Waals surface area contributed by atoms with Gasteiger partial charge in [0.15, 0.2) is 0 Å². The van der Waals surface area contributed by atoms with Gasteiger partial charge in [-0.25, -0.2) is 9.97 Å². The Morgan fingerprint density at radius 3 is 2.67 bits per heavy atom. The van der Waals surface area contributed by atoms with Crippen LogP contribution >= 0.6 is 0 Å². The number of carbonyl (C=O) groups excluding carboxylic acids is 2. The molecule has 0 atom stereocenters. The van der Waals surface area contributed by atoms with Crippen molar-refractivity contribution in [3.63, 3.8) is 0 Å². The summed E-state index contributed by atoms with van der Waals surface area (Å²) in [6.45, 7) is 4.28. The van der Waals surface area contributed by atoms with E-state index in [9.17, 15) is 9.59 Å². The molecule has 2 fully saturated rings. The Labute approximate surface area is 214 Å². The standard InChI is InChI=1S/C29H38N4O3/c1-21-24(20-31-26(32-21)23-11-12-23)27(34)33-17-14-29(15-18-33)13-6-2-3-8-22-9-4-5-10-25(22)36-19-7-16-30-28(29)35/h4-5,9-10,20,23H,2-3,6-8,11-19H2,1H3,(H,30,35). The first-order valence-electron chi connectivity index (χ1n) is 13.7. The van der Waals surface area contributed by atoms with Gasteiger partial charge >= 0.3 is 0 Å². The quantitative estimate of drug-likeness (QED) is 0.666. The highest BCUT2D eigenvalue weighted by atomic mass is 16.5. The molecule has 1 spiro atoms. The van der Waals surface area contributed by atoms with Gasteiger partial charge in [0.05, 0.1) is 23.3 Å². The van der Waals surface area contributed by atoms with Gasteiger partial charge in [-0.05, 0) is 69.9 Å². The first-order chi connectivity index (χ1) is 17.6. The lowest BCUT2D eigenvalue weighted by Crippen LogP contribution is -2.50. The molecule has 0 bridgehead atoms. The Morgan fingerprint density at radius 1 is 1.08 bits per heavy atom. The molecular formula is C29H38N4O3. The number of carbonyl (C=O) groups is 2. The molecule has 0 radical (unpaired) electrons. The number of nitrogens with zero attached hydrogens (tertiary/aromatic N) is 3. The number of likely N-dealkylation sites (tertiary alicyclic amines) is 1. The van der Waals surface area contributed by atoms with Gasteiger partial charge in [0.2, 0.25) is 5.91 Å². The third kappa shape index (κ3) is 5.55. The van der Waals surface area contributed by atoms with Crippen LogP contribution in [0.4, 0.5) is 0 Å². The molecule has 1 aromatic carbocycles. The Kier molecular flexibility index (Phi) is 7.54. The Bertz CT molecular complexity index is 1090. The molecule has 1 aliphatic carbocycles. The smallest absolute Gasteiger partial charge is 0.257 e. The summed E-state index contributed by atoms with van der Waals surface area (Å²) in [5.74, 6) is 2.43. The summed E-state index contributed by atoms with van der Waals surface area (Å²) in [5.41, 5.74) is 2.22. The molecule has 1 aromatic heterocycles. The minimum Gasteiger partial charge on any atom is -0.493 e. The van der Waals surface area contributed by atoms with Crippen LogP contribution in [-0.4, -0.2) is 52.9 Å². The Hall–Kier alpha value is -2.96. The highest BCUT2D eigenvalue weighted by molar-refractivity contribution is 5.95. The number of nitrogens with one attached hydrogen (secondary N) is 1. The number of piperidine rings is 1. The van der Waals surface area contributed by atoms with Gasteiger partial charge < -0.3 is 15.0 Å². The lowest BCUT2D eigenvalue weighted by Gasteiger charge is -2.41. The number of hydrogen-bond acceptors (Lipinski definition) is 5. The minimum absolute atomic E-state index is 0.0122. The summed E-state index contributed by atoms with van der Waals surface area (Å²) in [6, 6.07) is 8.29. The molecular weight excluding hydrogens is 452 g/mol. The molecule has 7 heteroatoms. The second kappa shape index (κ2) is 11.0. The van der Waals surface area contributed by atoms with E-state index in [1.807, 2.05) is 24.0 Å². The molecule has 2 aliphatic heterocycles. The van der Waals surface area contributed by atoms with Crippen LogP contribution in [0.1, 0.15) is 91.1 Å². The predicted molar refractivity (Wildman–Crippen MR) is 138 cm³/mol. The number of para-hydroxylation sites is 1. The van der Waals surface area contributed by atoms with E-state index in [1.54, 1.807) is 6.20 Å². The van der Waals surface area contributed by atoms with Crippen molar-refractivity contribution in [2.75, 3.05) is 26.2 Å². The molecule has 3 aliphatic rings. The molecule has 192 valence electrons. The number of ether oxygens (including phenoxy) is 1. The van der Waals surface area contributed by atoms with E-state index in [0.29, 0.717) is 50.6 Å². The number of aryl methyl sites for hydroxylation is 2. The predicted octanol–water partition coefficient (Wildman–Crippen LogP) is 4.59. The van der Waals surface area contributed by atoms with E-state index >= 15 is 0 Å². The second-order valence-electron chi connectivity index (χ2n) is 10.7. The average molecular weight is 491 g/mol. The Balaban J connectivity index is 1.22. The van der Waals surface area contributed by atoms with Crippen molar-refractivity contribution < 1.29 is 14.3 Å². The normalized spacial score (nSPS) is 21.1. The molecule has 0 unspecified atom stereocenters. The fraction of sp³-hybridized carbons (Fsp3) is 0.586. The van der Waals surface area contributed by atoms with Crippen molar-refractivity contribution in [2.45, 2.75) is 77.0 Å². The van der Waals surface area contributed by atoms with Crippen molar-refractivity contribution in [2.24, 2.45) is 5.41 Å². The third-order valence-electron chi connectivity index (χ3n) is 8.10. The number of amides is 2. The molecule has 3 heterocycles. The van der Waals surface area contributed by atoms with Gasteiger partial charge in [-0.2, -0.15) is 0 Å². The summed E-state index contributed by atoms with van der Waals surface area (Å²) >= 11 is 0. The van der Waals surface area contributed by atoms with E-state index in [4.69, 9.17) is 4.74 Å². The van der Waals surface area contributed by atoms with Gasteiger partial charge in [-0.3, -0.25) is 9.59 Å².